The molecule has 0 aliphatic carbocycles. The zero-order valence-electron chi connectivity index (χ0n) is 17.3. The highest BCUT2D eigenvalue weighted by Crippen LogP contribution is 2.33. The van der Waals surface area contributed by atoms with Gasteiger partial charge in [-0.15, -0.1) is 0 Å². The van der Waals surface area contributed by atoms with Crippen LogP contribution in [0.25, 0.3) is 0 Å². The minimum absolute atomic E-state index is 0.113. The van der Waals surface area contributed by atoms with E-state index in [1.807, 2.05) is 17.0 Å². The van der Waals surface area contributed by atoms with Crippen molar-refractivity contribution in [3.63, 3.8) is 0 Å². The van der Waals surface area contributed by atoms with Crippen LogP contribution in [0.5, 0.6) is 5.75 Å². The average molecular weight is 395 g/mol. The lowest BCUT2D eigenvalue weighted by Gasteiger charge is -2.32. The topological polar surface area (TPSA) is 58.6 Å². The number of carbonyl (C=O) groups is 2. The van der Waals surface area contributed by atoms with E-state index in [-0.39, 0.29) is 17.9 Å². The van der Waals surface area contributed by atoms with Crippen LogP contribution in [0.15, 0.2) is 54.6 Å². The number of ether oxygens (including phenoxy) is 1. The Morgan fingerprint density at radius 3 is 2.59 bits per heavy atom. The Morgan fingerprint density at radius 2 is 1.86 bits per heavy atom. The smallest absolute Gasteiger partial charge is 0.255 e. The first-order chi connectivity index (χ1) is 14.2. The van der Waals surface area contributed by atoms with Crippen LogP contribution in [0.3, 0.4) is 0 Å². The van der Waals surface area contributed by atoms with Crippen LogP contribution in [0.1, 0.15) is 54.4 Å². The number of carbonyl (C=O) groups excluding carboxylic acids is 2. The summed E-state index contributed by atoms with van der Waals surface area (Å²) in [6, 6.07) is 17.8. The molecule has 1 heterocycles. The third kappa shape index (κ3) is 4.97. The van der Waals surface area contributed by atoms with Crippen LogP contribution in [0.2, 0.25) is 0 Å². The molecule has 0 radical (unpaired) electrons. The van der Waals surface area contributed by atoms with Gasteiger partial charge in [-0.05, 0) is 37.0 Å². The minimum atomic E-state index is -0.219. The summed E-state index contributed by atoms with van der Waals surface area (Å²) in [7, 11) is 1.54. The number of hydrogen-bond donors (Lipinski definition) is 1. The molecular weight excluding hydrogens is 364 g/mol. The van der Waals surface area contributed by atoms with E-state index in [1.165, 1.54) is 5.56 Å². The monoisotopic (exact) mass is 394 g/mol. The molecule has 2 atom stereocenters. The molecule has 0 bridgehead atoms. The molecule has 5 nitrogen and oxygen atoms in total. The van der Waals surface area contributed by atoms with Gasteiger partial charge in [0.2, 0.25) is 5.91 Å². The first kappa shape index (κ1) is 20.9. The maximum atomic E-state index is 12.9. The van der Waals surface area contributed by atoms with Crippen LogP contribution in [0.4, 0.5) is 0 Å². The zero-order valence-corrected chi connectivity index (χ0v) is 17.3. The van der Waals surface area contributed by atoms with E-state index in [9.17, 15) is 9.59 Å². The molecule has 0 unspecified atom stereocenters. The summed E-state index contributed by atoms with van der Waals surface area (Å²) in [5.74, 6) is 0.779. The first-order valence-electron chi connectivity index (χ1n) is 10.4. The lowest BCUT2D eigenvalue weighted by Crippen LogP contribution is -2.40. The molecule has 1 N–H and O–H groups in total. The van der Waals surface area contributed by atoms with E-state index in [2.05, 4.69) is 36.5 Å². The standard InChI is InChI=1S/C24H30N2O3/c1-3-19(18-10-5-4-6-11-18)21-13-9-17-26(21)23(27)15-16-25-24(28)20-12-7-8-14-22(20)29-2/h4-8,10-12,14,19,21H,3,9,13,15-17H2,1-2H3,(H,25,28)/t19-,21-/m0/s1. The van der Waals surface area contributed by atoms with Crippen molar-refractivity contribution < 1.29 is 14.3 Å². The molecule has 0 spiro atoms. The van der Waals surface area contributed by atoms with Gasteiger partial charge in [0.25, 0.3) is 5.91 Å². The molecular formula is C24H30N2O3. The number of hydrogen-bond acceptors (Lipinski definition) is 3. The summed E-state index contributed by atoms with van der Waals surface area (Å²) >= 11 is 0. The summed E-state index contributed by atoms with van der Waals surface area (Å²) < 4.78 is 5.23. The highest BCUT2D eigenvalue weighted by Gasteiger charge is 2.34. The fraction of sp³-hybridized carbons (Fsp3) is 0.417. The Hall–Kier alpha value is -2.82. The van der Waals surface area contributed by atoms with Gasteiger partial charge in [0.05, 0.1) is 12.7 Å². The number of amides is 2. The van der Waals surface area contributed by atoms with Crippen LogP contribution in [0, 0.1) is 0 Å². The second kappa shape index (κ2) is 10.1. The Bertz CT molecular complexity index is 822. The molecule has 154 valence electrons. The van der Waals surface area contributed by atoms with Gasteiger partial charge in [0, 0.05) is 31.5 Å². The van der Waals surface area contributed by atoms with Crippen molar-refractivity contribution in [2.24, 2.45) is 0 Å². The number of nitrogens with one attached hydrogen (secondary N) is 1. The van der Waals surface area contributed by atoms with Crippen molar-refractivity contribution in [3.05, 3.63) is 65.7 Å². The number of likely N-dealkylation sites (tertiary alicyclic amines) is 1. The van der Waals surface area contributed by atoms with E-state index in [4.69, 9.17) is 4.74 Å². The third-order valence-corrected chi connectivity index (χ3v) is 5.73. The van der Waals surface area contributed by atoms with E-state index >= 15 is 0 Å². The van der Waals surface area contributed by atoms with Gasteiger partial charge in [-0.25, -0.2) is 0 Å². The summed E-state index contributed by atoms with van der Waals surface area (Å²) in [6.07, 6.45) is 3.38. The van der Waals surface area contributed by atoms with E-state index in [0.29, 0.717) is 30.2 Å². The van der Waals surface area contributed by atoms with E-state index < -0.39 is 0 Å². The zero-order chi connectivity index (χ0) is 20.6. The molecule has 5 heteroatoms. The first-order valence-corrected chi connectivity index (χ1v) is 10.4. The summed E-state index contributed by atoms with van der Waals surface area (Å²) in [4.78, 5) is 27.3. The molecule has 3 rings (SSSR count). The normalized spacial score (nSPS) is 17.0. The molecule has 1 saturated heterocycles. The van der Waals surface area contributed by atoms with Gasteiger partial charge in [-0.3, -0.25) is 9.59 Å². The molecule has 0 saturated carbocycles. The molecule has 2 aromatic rings. The van der Waals surface area contributed by atoms with E-state index in [0.717, 1.165) is 25.8 Å². The van der Waals surface area contributed by atoms with Crippen molar-refractivity contribution in [1.29, 1.82) is 0 Å². The number of benzene rings is 2. The van der Waals surface area contributed by atoms with Gasteiger partial charge in [-0.2, -0.15) is 0 Å². The minimum Gasteiger partial charge on any atom is -0.496 e. The summed E-state index contributed by atoms with van der Waals surface area (Å²) in [5, 5.41) is 2.85. The predicted octanol–water partition coefficient (Wildman–Crippen LogP) is 4.00. The Kier molecular flexibility index (Phi) is 7.28. The maximum absolute atomic E-state index is 12.9. The van der Waals surface area contributed by atoms with Crippen LogP contribution in [-0.4, -0.2) is 43.0 Å². The Balaban J connectivity index is 1.58. The predicted molar refractivity (Wildman–Crippen MR) is 114 cm³/mol. The molecule has 1 aliphatic rings. The quantitative estimate of drug-likeness (QED) is 0.736. The van der Waals surface area contributed by atoms with Crippen molar-refractivity contribution in [1.82, 2.24) is 10.2 Å². The summed E-state index contributed by atoms with van der Waals surface area (Å²) in [6.45, 7) is 3.31. The average Bonchev–Trinajstić information content (AvgIpc) is 3.24. The molecule has 1 aliphatic heterocycles. The van der Waals surface area contributed by atoms with Gasteiger partial charge >= 0.3 is 0 Å². The number of nitrogens with zero attached hydrogens (tertiary/aromatic N) is 1. The van der Waals surface area contributed by atoms with Crippen LogP contribution >= 0.6 is 0 Å². The van der Waals surface area contributed by atoms with Gasteiger partial charge in [0.15, 0.2) is 0 Å². The SMILES string of the molecule is CC[C@@H](c1ccccc1)[C@@H]1CCCN1C(=O)CCNC(=O)c1ccccc1OC. The molecule has 0 aromatic heterocycles. The largest absolute Gasteiger partial charge is 0.496 e. The van der Waals surface area contributed by atoms with Crippen molar-refractivity contribution in [2.45, 2.75) is 44.6 Å². The Labute approximate surface area is 173 Å². The summed E-state index contributed by atoms with van der Waals surface area (Å²) in [5.41, 5.74) is 1.78. The molecule has 1 fully saturated rings. The number of para-hydroxylation sites is 1. The number of methoxy groups -OCH3 is 1. The third-order valence-electron chi connectivity index (χ3n) is 5.73. The fourth-order valence-electron chi connectivity index (χ4n) is 4.30. The second-order valence-corrected chi connectivity index (χ2v) is 7.43. The second-order valence-electron chi connectivity index (χ2n) is 7.43. The lowest BCUT2D eigenvalue weighted by atomic mass is 9.87. The molecule has 2 amide bonds. The lowest BCUT2D eigenvalue weighted by molar-refractivity contribution is -0.132. The van der Waals surface area contributed by atoms with Gasteiger partial charge in [0.1, 0.15) is 5.75 Å². The molecule has 29 heavy (non-hydrogen) atoms. The van der Waals surface area contributed by atoms with Crippen LogP contribution < -0.4 is 10.1 Å². The van der Waals surface area contributed by atoms with Crippen LogP contribution in [-0.2, 0) is 4.79 Å². The number of rotatable bonds is 8. The Morgan fingerprint density at radius 1 is 1.14 bits per heavy atom. The van der Waals surface area contributed by atoms with Crippen molar-refractivity contribution in [3.8, 4) is 5.75 Å². The fourth-order valence-corrected chi connectivity index (χ4v) is 4.30. The maximum Gasteiger partial charge on any atom is 0.255 e. The highest BCUT2D eigenvalue weighted by molar-refractivity contribution is 5.97. The van der Waals surface area contributed by atoms with Crippen molar-refractivity contribution >= 4 is 11.8 Å². The molecule has 2 aromatic carbocycles. The van der Waals surface area contributed by atoms with Gasteiger partial charge < -0.3 is 15.0 Å². The van der Waals surface area contributed by atoms with Gasteiger partial charge in [-0.1, -0.05) is 49.4 Å². The van der Waals surface area contributed by atoms with Crippen molar-refractivity contribution in [2.75, 3.05) is 20.2 Å². The van der Waals surface area contributed by atoms with E-state index in [1.54, 1.807) is 25.3 Å². The highest BCUT2D eigenvalue weighted by atomic mass is 16.5.